The van der Waals surface area contributed by atoms with Crippen LogP contribution in [0.15, 0.2) is 9.72 Å². The molecule has 1 heterocycles. The molecule has 0 saturated heterocycles. The molecule has 6 nitrogen and oxygen atoms in total. The van der Waals surface area contributed by atoms with E-state index in [1.165, 1.54) is 16.9 Å². The third kappa shape index (κ3) is 4.02. The van der Waals surface area contributed by atoms with Crippen LogP contribution in [-0.4, -0.2) is 43.9 Å². The van der Waals surface area contributed by atoms with Gasteiger partial charge in [0.05, 0.1) is 12.6 Å². The molecule has 8 heteroatoms. The van der Waals surface area contributed by atoms with Crippen LogP contribution in [0.1, 0.15) is 44.1 Å². The molecule has 0 unspecified atom stereocenters. The van der Waals surface area contributed by atoms with Gasteiger partial charge in [-0.15, -0.1) is 11.3 Å². The third-order valence-corrected chi connectivity index (χ3v) is 6.74. The average Bonchev–Trinajstić information content (AvgIpc) is 2.97. The summed E-state index contributed by atoms with van der Waals surface area (Å²) in [6, 6.07) is 0. The largest absolute Gasteiger partial charge is 0.464 e. The van der Waals surface area contributed by atoms with Gasteiger partial charge in [0, 0.05) is 13.1 Å². The maximum atomic E-state index is 12.7. The van der Waals surface area contributed by atoms with E-state index in [0.29, 0.717) is 19.0 Å². The molecule has 21 heavy (non-hydrogen) atoms. The lowest BCUT2D eigenvalue weighted by Crippen LogP contribution is -2.35. The van der Waals surface area contributed by atoms with Crippen molar-refractivity contribution in [1.82, 2.24) is 9.29 Å². The molecule has 120 valence electrons. The molecule has 0 N–H and O–H groups in total. The first-order valence-electron chi connectivity index (χ1n) is 6.94. The zero-order chi connectivity index (χ0) is 16.0. The molecule has 0 aliphatic carbocycles. The summed E-state index contributed by atoms with van der Waals surface area (Å²) in [5.41, 5.74) is 1.22. The summed E-state index contributed by atoms with van der Waals surface area (Å²) in [7, 11) is -2.51. The van der Waals surface area contributed by atoms with Crippen molar-refractivity contribution in [2.45, 2.75) is 37.8 Å². The first kappa shape index (κ1) is 18.1. The third-order valence-electron chi connectivity index (χ3n) is 3.46. The minimum absolute atomic E-state index is 0.0397. The van der Waals surface area contributed by atoms with Gasteiger partial charge in [-0.05, 0) is 5.92 Å². The molecule has 0 saturated carbocycles. The van der Waals surface area contributed by atoms with Gasteiger partial charge in [-0.3, -0.25) is 0 Å². The number of sulfonamides is 1. The number of thiazole rings is 1. The number of carbonyl (C=O) groups is 1. The molecule has 0 amide bonds. The number of esters is 1. The number of methoxy groups -OCH3 is 1. The van der Waals surface area contributed by atoms with Gasteiger partial charge in [-0.2, -0.15) is 4.31 Å². The summed E-state index contributed by atoms with van der Waals surface area (Å²) in [5, 5.41) is 0. The monoisotopic (exact) mass is 334 g/mol. The van der Waals surface area contributed by atoms with Crippen molar-refractivity contribution in [3.63, 3.8) is 0 Å². The van der Waals surface area contributed by atoms with Gasteiger partial charge < -0.3 is 4.74 Å². The molecule has 0 aliphatic rings. The summed E-state index contributed by atoms with van der Waals surface area (Å²) in [4.78, 5) is 15.5. The van der Waals surface area contributed by atoms with E-state index < -0.39 is 16.0 Å². The van der Waals surface area contributed by atoms with Gasteiger partial charge in [0.1, 0.15) is 0 Å². The number of rotatable bonds is 8. The molecule has 0 spiro atoms. The smallest absolute Gasteiger partial charge is 0.358 e. The standard InChI is InChI=1S/C13H22N2O4S2/c1-5-10(6-2)8-15(7-3)21(17,18)13-11(12(16)19-4)14-9-20-13/h9-10H,5-8H2,1-4H3. The fraction of sp³-hybridized carbons (Fsp3) is 0.692. The van der Waals surface area contributed by atoms with Gasteiger partial charge in [0.25, 0.3) is 10.0 Å². The number of hydrogen-bond donors (Lipinski definition) is 0. The Bertz CT molecular complexity index is 564. The molecule has 0 atom stereocenters. The Morgan fingerprint density at radius 3 is 2.48 bits per heavy atom. The first-order chi connectivity index (χ1) is 9.92. The molecule has 0 aliphatic heterocycles. The van der Waals surface area contributed by atoms with Gasteiger partial charge >= 0.3 is 5.97 Å². The molecule has 0 fully saturated rings. The van der Waals surface area contributed by atoms with Crippen LogP contribution in [0.2, 0.25) is 0 Å². The lowest BCUT2D eigenvalue weighted by atomic mass is 10.0. The van der Waals surface area contributed by atoms with Crippen molar-refractivity contribution < 1.29 is 17.9 Å². The van der Waals surface area contributed by atoms with Crippen molar-refractivity contribution >= 4 is 27.3 Å². The second kappa shape index (κ2) is 7.86. The highest BCUT2D eigenvalue weighted by Crippen LogP contribution is 2.26. The Kier molecular flexibility index (Phi) is 6.76. The van der Waals surface area contributed by atoms with Gasteiger partial charge in [0.15, 0.2) is 9.90 Å². The molecule has 0 bridgehead atoms. The van der Waals surface area contributed by atoms with Crippen LogP contribution in [0.5, 0.6) is 0 Å². The van der Waals surface area contributed by atoms with E-state index in [1.54, 1.807) is 6.92 Å². The van der Waals surface area contributed by atoms with Crippen LogP contribution in [0.4, 0.5) is 0 Å². The molecular weight excluding hydrogens is 312 g/mol. The van der Waals surface area contributed by atoms with E-state index >= 15 is 0 Å². The highest BCUT2D eigenvalue weighted by molar-refractivity contribution is 7.91. The summed E-state index contributed by atoms with van der Waals surface area (Å²) < 4.78 is 31.4. The Labute approximate surface area is 130 Å². The number of hydrogen-bond acceptors (Lipinski definition) is 6. The first-order valence-corrected chi connectivity index (χ1v) is 9.26. The van der Waals surface area contributed by atoms with E-state index in [-0.39, 0.29) is 9.90 Å². The summed E-state index contributed by atoms with van der Waals surface area (Å²) in [6.45, 7) is 6.68. The van der Waals surface area contributed by atoms with Crippen LogP contribution in [0.3, 0.4) is 0 Å². The Morgan fingerprint density at radius 1 is 1.38 bits per heavy atom. The van der Waals surface area contributed by atoms with Crippen LogP contribution < -0.4 is 0 Å². The Morgan fingerprint density at radius 2 is 2.00 bits per heavy atom. The zero-order valence-electron chi connectivity index (χ0n) is 12.8. The van der Waals surface area contributed by atoms with Gasteiger partial charge in [0.2, 0.25) is 0 Å². The van der Waals surface area contributed by atoms with E-state index in [1.807, 2.05) is 13.8 Å². The summed E-state index contributed by atoms with van der Waals surface area (Å²) in [6.07, 6.45) is 1.82. The van der Waals surface area contributed by atoms with Gasteiger partial charge in [-0.25, -0.2) is 18.2 Å². The topological polar surface area (TPSA) is 76.6 Å². The number of nitrogens with zero attached hydrogens (tertiary/aromatic N) is 2. The van der Waals surface area contributed by atoms with E-state index in [9.17, 15) is 13.2 Å². The summed E-state index contributed by atoms with van der Waals surface area (Å²) in [5.74, 6) is -0.428. The summed E-state index contributed by atoms with van der Waals surface area (Å²) >= 11 is 0.945. The van der Waals surface area contributed by atoms with Crippen LogP contribution >= 0.6 is 11.3 Å². The predicted octanol–water partition coefficient (Wildman–Crippen LogP) is 2.38. The lowest BCUT2D eigenvalue weighted by Gasteiger charge is -2.24. The van der Waals surface area contributed by atoms with Crippen molar-refractivity contribution in [2.24, 2.45) is 5.92 Å². The van der Waals surface area contributed by atoms with Crippen LogP contribution in [0.25, 0.3) is 0 Å². The maximum absolute atomic E-state index is 12.7. The number of aromatic nitrogens is 1. The quantitative estimate of drug-likeness (QED) is 0.682. The second-order valence-electron chi connectivity index (χ2n) is 4.62. The number of ether oxygens (including phenoxy) is 1. The molecule has 0 aromatic carbocycles. The highest BCUT2D eigenvalue weighted by Gasteiger charge is 2.32. The Hall–Kier alpha value is -0.990. The fourth-order valence-corrected chi connectivity index (χ4v) is 4.80. The SMILES string of the molecule is CCC(CC)CN(CC)S(=O)(=O)c1scnc1C(=O)OC. The molecule has 0 radical (unpaired) electrons. The highest BCUT2D eigenvalue weighted by atomic mass is 32.2. The molecule has 1 aromatic heterocycles. The van der Waals surface area contributed by atoms with E-state index in [4.69, 9.17) is 0 Å². The van der Waals surface area contributed by atoms with Gasteiger partial charge in [-0.1, -0.05) is 33.6 Å². The molecule has 1 aromatic rings. The van der Waals surface area contributed by atoms with Crippen LogP contribution in [-0.2, 0) is 14.8 Å². The fourth-order valence-electron chi connectivity index (χ4n) is 2.00. The van der Waals surface area contributed by atoms with Crippen LogP contribution in [0, 0.1) is 5.92 Å². The normalized spacial score (nSPS) is 12.1. The van der Waals surface area contributed by atoms with E-state index in [2.05, 4.69) is 9.72 Å². The van der Waals surface area contributed by atoms with Crippen molar-refractivity contribution in [2.75, 3.05) is 20.2 Å². The minimum atomic E-state index is -3.72. The van der Waals surface area contributed by atoms with Crippen molar-refractivity contribution in [3.05, 3.63) is 11.2 Å². The predicted molar refractivity (Wildman–Crippen MR) is 82.0 cm³/mol. The average molecular weight is 334 g/mol. The van der Waals surface area contributed by atoms with Crippen molar-refractivity contribution in [3.8, 4) is 0 Å². The second-order valence-corrected chi connectivity index (χ2v) is 7.61. The minimum Gasteiger partial charge on any atom is -0.464 e. The number of carbonyl (C=O) groups excluding carboxylic acids is 1. The van der Waals surface area contributed by atoms with E-state index in [0.717, 1.165) is 24.2 Å². The Balaban J connectivity index is 3.14. The zero-order valence-corrected chi connectivity index (χ0v) is 14.5. The van der Waals surface area contributed by atoms with Crippen molar-refractivity contribution in [1.29, 1.82) is 0 Å². The lowest BCUT2D eigenvalue weighted by molar-refractivity contribution is 0.0590. The molecule has 1 rings (SSSR count). The maximum Gasteiger partial charge on any atom is 0.358 e. The molecular formula is C13H22N2O4S2.